The molecular formula is C18H16FN3O3. The van der Waals surface area contributed by atoms with Gasteiger partial charge in [0.15, 0.2) is 0 Å². The number of carbonyl (C=O) groups is 3. The van der Waals surface area contributed by atoms with Crippen LogP contribution in [-0.2, 0) is 6.42 Å². The summed E-state index contributed by atoms with van der Waals surface area (Å²) in [6.07, 6.45) is 0.239. The summed E-state index contributed by atoms with van der Waals surface area (Å²) in [6, 6.07) is 10.0. The fraction of sp³-hybridized carbons (Fsp3) is 0.167. The Kier molecular flexibility index (Phi) is 4.33. The molecule has 3 rings (SSSR count). The maximum atomic E-state index is 13.8. The number of carbonyl (C=O) groups excluding carboxylic acids is 3. The van der Waals surface area contributed by atoms with Crippen molar-refractivity contribution < 1.29 is 18.8 Å². The number of imide groups is 1. The molecule has 0 aliphatic carbocycles. The number of nitrogens with zero attached hydrogens (tertiary/aromatic N) is 1. The normalized spacial score (nSPS) is 14.6. The topological polar surface area (TPSA) is 106 Å². The van der Waals surface area contributed by atoms with E-state index in [4.69, 9.17) is 11.5 Å². The monoisotopic (exact) mass is 341 g/mol. The van der Waals surface area contributed by atoms with Crippen molar-refractivity contribution in [3.63, 3.8) is 0 Å². The molecule has 0 spiro atoms. The van der Waals surface area contributed by atoms with Crippen LogP contribution in [0, 0.1) is 5.82 Å². The van der Waals surface area contributed by atoms with E-state index < -0.39 is 17.8 Å². The van der Waals surface area contributed by atoms with Gasteiger partial charge in [-0.25, -0.2) is 4.39 Å². The zero-order valence-electron chi connectivity index (χ0n) is 13.2. The highest BCUT2D eigenvalue weighted by atomic mass is 19.1. The lowest BCUT2D eigenvalue weighted by Crippen LogP contribution is -2.41. The lowest BCUT2D eigenvalue weighted by atomic mass is 10.0. The van der Waals surface area contributed by atoms with Crippen LogP contribution < -0.4 is 11.5 Å². The van der Waals surface area contributed by atoms with Crippen molar-refractivity contribution in [2.45, 2.75) is 12.5 Å². The maximum Gasteiger partial charge on any atom is 0.261 e. The summed E-state index contributed by atoms with van der Waals surface area (Å²) >= 11 is 0. The molecule has 25 heavy (non-hydrogen) atoms. The number of halogens is 1. The van der Waals surface area contributed by atoms with E-state index >= 15 is 0 Å². The van der Waals surface area contributed by atoms with Crippen LogP contribution in [0.4, 0.5) is 4.39 Å². The van der Waals surface area contributed by atoms with Gasteiger partial charge in [-0.1, -0.05) is 18.2 Å². The fourth-order valence-electron chi connectivity index (χ4n) is 2.89. The van der Waals surface area contributed by atoms with Gasteiger partial charge in [-0.2, -0.15) is 0 Å². The molecule has 128 valence electrons. The first-order valence-corrected chi connectivity index (χ1v) is 7.67. The molecule has 1 atom stereocenters. The van der Waals surface area contributed by atoms with E-state index in [1.807, 2.05) is 0 Å². The van der Waals surface area contributed by atoms with Crippen LogP contribution in [0.25, 0.3) is 0 Å². The number of rotatable bonds is 5. The van der Waals surface area contributed by atoms with E-state index in [-0.39, 0.29) is 30.3 Å². The zero-order chi connectivity index (χ0) is 18.1. The lowest BCUT2D eigenvalue weighted by Gasteiger charge is -2.19. The molecule has 0 fully saturated rings. The molecule has 1 aliphatic heterocycles. The predicted molar refractivity (Wildman–Crippen MR) is 88.4 cm³/mol. The van der Waals surface area contributed by atoms with E-state index in [2.05, 4.69) is 0 Å². The molecule has 4 N–H and O–H groups in total. The summed E-state index contributed by atoms with van der Waals surface area (Å²) in [7, 11) is 0. The van der Waals surface area contributed by atoms with Crippen molar-refractivity contribution in [3.05, 3.63) is 70.5 Å². The molecule has 1 heterocycles. The largest absolute Gasteiger partial charge is 0.366 e. The molecule has 0 saturated carbocycles. The third-order valence-corrected chi connectivity index (χ3v) is 4.09. The average molecular weight is 341 g/mol. The van der Waals surface area contributed by atoms with Gasteiger partial charge >= 0.3 is 0 Å². The van der Waals surface area contributed by atoms with Gasteiger partial charge in [-0.05, 0) is 36.2 Å². The van der Waals surface area contributed by atoms with E-state index in [0.717, 1.165) is 4.90 Å². The van der Waals surface area contributed by atoms with E-state index in [1.165, 1.54) is 12.1 Å². The van der Waals surface area contributed by atoms with Crippen LogP contribution >= 0.6 is 0 Å². The van der Waals surface area contributed by atoms with Crippen molar-refractivity contribution in [2.24, 2.45) is 11.5 Å². The average Bonchev–Trinajstić information content (AvgIpc) is 2.80. The summed E-state index contributed by atoms with van der Waals surface area (Å²) in [5.74, 6) is -2.34. The van der Waals surface area contributed by atoms with E-state index in [0.29, 0.717) is 16.7 Å². The van der Waals surface area contributed by atoms with E-state index in [9.17, 15) is 18.8 Å². The second-order valence-corrected chi connectivity index (χ2v) is 5.91. The van der Waals surface area contributed by atoms with Gasteiger partial charge in [0.05, 0.1) is 16.7 Å². The minimum atomic E-state index is -0.848. The third kappa shape index (κ3) is 3.14. The van der Waals surface area contributed by atoms with Gasteiger partial charge in [0.1, 0.15) is 5.82 Å². The summed E-state index contributed by atoms with van der Waals surface area (Å²) in [6.45, 7) is 0.0194. The number of fused-ring (bicyclic) bond motifs is 1. The highest BCUT2D eigenvalue weighted by molar-refractivity contribution is 6.21. The molecule has 2 aromatic rings. The van der Waals surface area contributed by atoms with Crippen LogP contribution in [0.2, 0.25) is 0 Å². The Labute approximate surface area is 143 Å². The van der Waals surface area contributed by atoms with Crippen molar-refractivity contribution in [1.29, 1.82) is 0 Å². The van der Waals surface area contributed by atoms with Gasteiger partial charge in [0.25, 0.3) is 17.7 Å². The van der Waals surface area contributed by atoms with Crippen molar-refractivity contribution >= 4 is 17.7 Å². The molecule has 1 unspecified atom stereocenters. The molecule has 7 heteroatoms. The smallest absolute Gasteiger partial charge is 0.261 e. The number of primary amides is 1. The third-order valence-electron chi connectivity index (χ3n) is 4.09. The molecule has 1 aliphatic rings. The molecular weight excluding hydrogens is 325 g/mol. The molecule has 0 radical (unpaired) electrons. The fourth-order valence-corrected chi connectivity index (χ4v) is 2.89. The Morgan fingerprint density at radius 1 is 1.08 bits per heavy atom. The Morgan fingerprint density at radius 3 is 2.20 bits per heavy atom. The zero-order valence-corrected chi connectivity index (χ0v) is 13.2. The van der Waals surface area contributed by atoms with Crippen LogP contribution in [0.3, 0.4) is 0 Å². The van der Waals surface area contributed by atoms with Crippen molar-refractivity contribution in [2.75, 3.05) is 6.54 Å². The second kappa shape index (κ2) is 6.45. The minimum Gasteiger partial charge on any atom is -0.366 e. The Hall–Kier alpha value is -3.06. The van der Waals surface area contributed by atoms with Crippen LogP contribution in [0.15, 0.2) is 42.5 Å². The number of hydrogen-bond donors (Lipinski definition) is 2. The predicted octanol–water partition coefficient (Wildman–Crippen LogP) is 1.09. The molecule has 6 nitrogen and oxygen atoms in total. The Morgan fingerprint density at radius 2 is 1.68 bits per heavy atom. The first-order chi connectivity index (χ1) is 11.9. The number of amides is 3. The highest BCUT2D eigenvalue weighted by Gasteiger charge is 2.35. The van der Waals surface area contributed by atoms with Crippen LogP contribution in [-0.4, -0.2) is 35.2 Å². The number of benzene rings is 2. The van der Waals surface area contributed by atoms with Gasteiger partial charge < -0.3 is 11.5 Å². The summed E-state index contributed by atoms with van der Waals surface area (Å²) in [4.78, 5) is 36.8. The minimum absolute atomic E-state index is 0.0194. The first kappa shape index (κ1) is 16.8. The quantitative estimate of drug-likeness (QED) is 0.794. The van der Waals surface area contributed by atoms with Crippen molar-refractivity contribution in [3.8, 4) is 0 Å². The number of nitrogens with two attached hydrogens (primary N) is 2. The second-order valence-electron chi connectivity index (χ2n) is 5.91. The molecule has 0 saturated heterocycles. The SMILES string of the molecule is NC(=O)c1ccc(CC(N)CN2C(=O)c3ccccc3C2=O)cc1F. The Bertz CT molecular complexity index is 847. The maximum absolute atomic E-state index is 13.8. The van der Waals surface area contributed by atoms with Gasteiger partial charge in [0.2, 0.25) is 0 Å². The van der Waals surface area contributed by atoms with Gasteiger partial charge in [-0.15, -0.1) is 0 Å². The van der Waals surface area contributed by atoms with Crippen molar-refractivity contribution in [1.82, 2.24) is 4.90 Å². The van der Waals surface area contributed by atoms with Crippen LogP contribution in [0.1, 0.15) is 36.6 Å². The molecule has 0 aromatic heterocycles. The molecule has 0 bridgehead atoms. The van der Waals surface area contributed by atoms with Gasteiger partial charge in [-0.3, -0.25) is 19.3 Å². The van der Waals surface area contributed by atoms with Gasteiger partial charge in [0, 0.05) is 12.6 Å². The number of hydrogen-bond acceptors (Lipinski definition) is 4. The van der Waals surface area contributed by atoms with Crippen LogP contribution in [0.5, 0.6) is 0 Å². The summed E-state index contributed by atoms with van der Waals surface area (Å²) < 4.78 is 13.8. The summed E-state index contributed by atoms with van der Waals surface area (Å²) in [5.41, 5.74) is 12.2. The summed E-state index contributed by atoms with van der Waals surface area (Å²) in [5, 5.41) is 0. The first-order valence-electron chi connectivity index (χ1n) is 7.67. The highest BCUT2D eigenvalue weighted by Crippen LogP contribution is 2.22. The molecule has 3 amide bonds. The standard InChI is InChI=1S/C18H16FN3O3/c19-15-8-10(5-6-14(15)16(21)23)7-11(20)9-22-17(24)12-3-1-2-4-13(12)18(22)25/h1-6,8,11H,7,9,20H2,(H2,21,23). The van der Waals surface area contributed by atoms with E-state index in [1.54, 1.807) is 30.3 Å². The lowest BCUT2D eigenvalue weighted by molar-refractivity contribution is 0.0644. The Balaban J connectivity index is 1.71. The molecule has 2 aromatic carbocycles.